The second-order valence-corrected chi connectivity index (χ2v) is 9.76. The van der Waals surface area contributed by atoms with Crippen LogP contribution in [-0.2, 0) is 14.3 Å². The molecule has 154 valence electrons. The first kappa shape index (κ1) is 23.9. The molecular weight excluding hydrogens is 336 g/mol. The molecule has 3 heteroatoms. The Morgan fingerprint density at radius 2 is 1.96 bits per heavy atom. The van der Waals surface area contributed by atoms with E-state index in [1.165, 1.54) is 0 Å². The van der Waals surface area contributed by atoms with Gasteiger partial charge in [-0.25, -0.2) is 0 Å². The van der Waals surface area contributed by atoms with Crippen molar-refractivity contribution >= 4 is 11.6 Å². The van der Waals surface area contributed by atoms with Gasteiger partial charge in [-0.2, -0.15) is 0 Å². The van der Waals surface area contributed by atoms with E-state index in [9.17, 15) is 9.59 Å². The highest BCUT2D eigenvalue weighted by atomic mass is 16.5. The van der Waals surface area contributed by atoms with Gasteiger partial charge in [0.1, 0.15) is 11.6 Å². The lowest BCUT2D eigenvalue weighted by molar-refractivity contribution is -0.142. The highest BCUT2D eigenvalue weighted by Gasteiger charge is 2.44. The monoisotopic (exact) mass is 376 g/mol. The summed E-state index contributed by atoms with van der Waals surface area (Å²) >= 11 is 0. The molecule has 0 aliphatic carbocycles. The predicted molar refractivity (Wildman–Crippen MR) is 111 cm³/mol. The molecule has 1 fully saturated rings. The van der Waals surface area contributed by atoms with E-state index in [0.717, 1.165) is 45.1 Å². The van der Waals surface area contributed by atoms with Crippen LogP contribution in [0.5, 0.6) is 0 Å². The van der Waals surface area contributed by atoms with Crippen LogP contribution in [0.15, 0.2) is 0 Å². The Balaban J connectivity index is 2.80. The van der Waals surface area contributed by atoms with Crippen molar-refractivity contribution in [3.63, 3.8) is 0 Å². The van der Waals surface area contributed by atoms with Crippen LogP contribution in [0.3, 0.4) is 0 Å². The van der Waals surface area contributed by atoms with Crippen LogP contribution in [0, 0.1) is 35.5 Å². The fourth-order valence-electron chi connectivity index (χ4n) is 4.49. The summed E-state index contributed by atoms with van der Waals surface area (Å²) < 4.78 is 5.86. The lowest BCUT2D eigenvalue weighted by Gasteiger charge is -2.44. The Morgan fingerprint density at radius 1 is 1.30 bits per heavy atom. The lowest BCUT2D eigenvalue weighted by atomic mass is 9.65. The summed E-state index contributed by atoms with van der Waals surface area (Å²) in [5.41, 5.74) is -0.520. The van der Waals surface area contributed by atoms with Gasteiger partial charge >= 0.3 is 0 Å². The Hall–Kier alpha value is -1.14. The Bertz CT molecular complexity index is 538. The molecule has 27 heavy (non-hydrogen) atoms. The van der Waals surface area contributed by atoms with Gasteiger partial charge in [0.05, 0.1) is 5.60 Å². The minimum atomic E-state index is -0.362. The van der Waals surface area contributed by atoms with Gasteiger partial charge in [0.2, 0.25) is 0 Å². The van der Waals surface area contributed by atoms with Crippen LogP contribution in [0.4, 0.5) is 0 Å². The van der Waals surface area contributed by atoms with Gasteiger partial charge in [-0.15, -0.1) is 12.3 Å². The van der Waals surface area contributed by atoms with E-state index in [1.54, 1.807) is 6.92 Å². The zero-order valence-electron chi connectivity index (χ0n) is 18.4. The van der Waals surface area contributed by atoms with Crippen LogP contribution in [-0.4, -0.2) is 23.8 Å². The minimum absolute atomic E-state index is 0.00864. The fourth-order valence-corrected chi connectivity index (χ4v) is 4.49. The average molecular weight is 377 g/mol. The minimum Gasteiger partial charge on any atom is -0.376 e. The Labute approximate surface area is 167 Å². The van der Waals surface area contributed by atoms with Gasteiger partial charge in [-0.05, 0) is 64.7 Å². The maximum absolute atomic E-state index is 13.5. The third-order valence-corrected chi connectivity index (χ3v) is 6.27. The highest BCUT2D eigenvalue weighted by molar-refractivity contribution is 5.86. The normalized spacial score (nSPS) is 21.9. The molecule has 3 atom stereocenters. The quantitative estimate of drug-likeness (QED) is 0.441. The standard InChI is InChI=1S/C24H40O3/c1-8-9-13-20(16-18(2)11-10-12-19(3)25)22(26)24(6,7)21-14-15-27-23(4,5)17-21/h1,18,20-21H,9-17H2,2-7H3. The van der Waals surface area contributed by atoms with Gasteiger partial charge in [0.25, 0.3) is 0 Å². The molecule has 0 aromatic heterocycles. The molecular formula is C24H40O3. The molecule has 0 aromatic rings. The lowest BCUT2D eigenvalue weighted by Crippen LogP contribution is -2.45. The summed E-state index contributed by atoms with van der Waals surface area (Å²) in [4.78, 5) is 24.7. The van der Waals surface area contributed by atoms with E-state index in [0.29, 0.717) is 30.5 Å². The van der Waals surface area contributed by atoms with E-state index in [1.807, 2.05) is 0 Å². The van der Waals surface area contributed by atoms with Crippen molar-refractivity contribution in [3.8, 4) is 12.3 Å². The highest BCUT2D eigenvalue weighted by Crippen LogP contribution is 2.43. The number of Topliss-reactive ketones (excluding diaryl/α,β-unsaturated/α-hetero) is 2. The van der Waals surface area contributed by atoms with Gasteiger partial charge in [0, 0.05) is 30.8 Å². The first-order chi connectivity index (χ1) is 12.5. The smallest absolute Gasteiger partial charge is 0.141 e. The van der Waals surface area contributed by atoms with Crippen molar-refractivity contribution in [1.29, 1.82) is 0 Å². The number of carbonyl (C=O) groups excluding carboxylic acids is 2. The van der Waals surface area contributed by atoms with Crippen LogP contribution in [0.1, 0.15) is 92.9 Å². The number of rotatable bonds is 11. The zero-order chi connectivity index (χ0) is 20.7. The molecule has 0 bridgehead atoms. The number of carbonyl (C=O) groups is 2. The third kappa shape index (κ3) is 7.78. The Kier molecular flexibility index (Phi) is 9.22. The molecule has 0 aromatic carbocycles. The van der Waals surface area contributed by atoms with E-state index in [2.05, 4.69) is 40.5 Å². The van der Waals surface area contributed by atoms with Crippen LogP contribution in [0.25, 0.3) is 0 Å². The van der Waals surface area contributed by atoms with E-state index in [4.69, 9.17) is 11.2 Å². The van der Waals surface area contributed by atoms with Gasteiger partial charge in [0.15, 0.2) is 0 Å². The average Bonchev–Trinajstić information content (AvgIpc) is 2.56. The molecule has 0 spiro atoms. The van der Waals surface area contributed by atoms with E-state index >= 15 is 0 Å². The molecule has 1 saturated heterocycles. The van der Waals surface area contributed by atoms with Crippen molar-refractivity contribution in [2.45, 2.75) is 98.5 Å². The summed E-state index contributed by atoms with van der Waals surface area (Å²) in [6.07, 6.45) is 12.2. The van der Waals surface area contributed by atoms with Crippen LogP contribution in [0.2, 0.25) is 0 Å². The molecule has 1 rings (SSSR count). The zero-order valence-corrected chi connectivity index (χ0v) is 18.4. The fraction of sp³-hybridized carbons (Fsp3) is 0.833. The summed E-state index contributed by atoms with van der Waals surface area (Å²) in [7, 11) is 0. The van der Waals surface area contributed by atoms with Crippen LogP contribution >= 0.6 is 0 Å². The predicted octanol–water partition coefficient (Wildman–Crippen LogP) is 5.60. The van der Waals surface area contributed by atoms with Crippen molar-refractivity contribution < 1.29 is 14.3 Å². The third-order valence-electron chi connectivity index (χ3n) is 6.27. The molecule has 1 aliphatic heterocycles. The maximum Gasteiger partial charge on any atom is 0.141 e. The largest absolute Gasteiger partial charge is 0.376 e. The van der Waals surface area contributed by atoms with Crippen molar-refractivity contribution in [2.75, 3.05) is 6.61 Å². The van der Waals surface area contributed by atoms with E-state index < -0.39 is 0 Å². The van der Waals surface area contributed by atoms with Crippen molar-refractivity contribution in [2.24, 2.45) is 23.2 Å². The summed E-state index contributed by atoms with van der Waals surface area (Å²) in [5, 5.41) is 0. The van der Waals surface area contributed by atoms with Gasteiger partial charge in [-0.3, -0.25) is 4.79 Å². The second-order valence-electron chi connectivity index (χ2n) is 9.76. The van der Waals surface area contributed by atoms with Gasteiger partial charge in [-0.1, -0.05) is 27.2 Å². The molecule has 0 radical (unpaired) electrons. The molecule has 0 N–H and O–H groups in total. The summed E-state index contributed by atoms with van der Waals surface area (Å²) in [5.74, 6) is 4.09. The van der Waals surface area contributed by atoms with Crippen molar-refractivity contribution in [3.05, 3.63) is 0 Å². The number of ether oxygens (including phenoxy) is 1. The number of terminal acetylenes is 1. The maximum atomic E-state index is 13.5. The van der Waals surface area contributed by atoms with E-state index in [-0.39, 0.29) is 22.7 Å². The molecule has 1 aliphatic rings. The molecule has 1 heterocycles. The topological polar surface area (TPSA) is 43.4 Å². The molecule has 0 amide bonds. The summed E-state index contributed by atoms with van der Waals surface area (Å²) in [6.45, 7) is 13.0. The first-order valence-electron chi connectivity index (χ1n) is 10.6. The molecule has 0 saturated carbocycles. The number of ketones is 2. The molecule has 3 nitrogen and oxygen atoms in total. The number of hydrogen-bond donors (Lipinski definition) is 0. The second kappa shape index (κ2) is 10.4. The molecule has 3 unspecified atom stereocenters. The number of hydrogen-bond acceptors (Lipinski definition) is 3. The van der Waals surface area contributed by atoms with Gasteiger partial charge < -0.3 is 9.53 Å². The van der Waals surface area contributed by atoms with Crippen molar-refractivity contribution in [1.82, 2.24) is 0 Å². The first-order valence-corrected chi connectivity index (χ1v) is 10.6. The Morgan fingerprint density at radius 3 is 2.52 bits per heavy atom. The van der Waals surface area contributed by atoms with Crippen LogP contribution < -0.4 is 0 Å². The summed E-state index contributed by atoms with van der Waals surface area (Å²) in [6, 6.07) is 0. The SMILES string of the molecule is C#CCCC(CC(C)CCCC(C)=O)C(=O)C(C)(C)C1CCOC(C)(C)C1.